The average molecular weight is 533 g/mol. The number of carbonyl (C=O) groups is 6. The summed E-state index contributed by atoms with van der Waals surface area (Å²) >= 11 is 0. The Morgan fingerprint density at radius 3 is 2.45 bits per heavy atom. The number of rotatable bonds is 14. The lowest BCUT2D eigenvalue weighted by Crippen LogP contribution is -2.50. The number of anilines is 1. The molecule has 0 aliphatic carbocycles. The Morgan fingerprint density at radius 2 is 1.84 bits per heavy atom. The minimum Gasteiger partial charge on any atom is -0.354 e. The number of amides is 4. The molecule has 13 heteroatoms. The van der Waals surface area contributed by atoms with Gasteiger partial charge in [0, 0.05) is 32.6 Å². The molecule has 0 aromatic carbocycles. The fourth-order valence-corrected chi connectivity index (χ4v) is 3.89. The molecule has 4 amide bonds. The zero-order valence-electron chi connectivity index (χ0n) is 21.9. The molecular weight excluding hydrogens is 496 g/mol. The maximum absolute atomic E-state index is 13.1. The van der Waals surface area contributed by atoms with Gasteiger partial charge in [-0.15, -0.1) is 0 Å². The van der Waals surface area contributed by atoms with Gasteiger partial charge >= 0.3 is 0 Å². The largest absolute Gasteiger partial charge is 0.354 e. The molecule has 2 heterocycles. The SMILES string of the molecule is CCC(CC)CNC(=O)Cn1cccc(NC(=O)[C@H](CCC(=O)C(=O)NC)NC(=O)[C@@H]2CC(=O)CN2)c1=O. The van der Waals surface area contributed by atoms with Crippen LogP contribution in [0, 0.1) is 5.92 Å². The molecule has 0 unspecified atom stereocenters. The fourth-order valence-electron chi connectivity index (χ4n) is 3.89. The van der Waals surface area contributed by atoms with Crippen LogP contribution >= 0.6 is 0 Å². The number of hydrogen-bond acceptors (Lipinski definition) is 8. The molecule has 1 saturated heterocycles. The van der Waals surface area contributed by atoms with E-state index in [2.05, 4.69) is 26.6 Å². The lowest BCUT2D eigenvalue weighted by Gasteiger charge is -2.20. The summed E-state index contributed by atoms with van der Waals surface area (Å²) in [6, 6.07) is 0.733. The van der Waals surface area contributed by atoms with Crippen LogP contribution in [-0.4, -0.2) is 72.0 Å². The normalized spacial score (nSPS) is 15.6. The van der Waals surface area contributed by atoms with Gasteiger partial charge in [-0.25, -0.2) is 0 Å². The molecule has 13 nitrogen and oxygen atoms in total. The zero-order valence-corrected chi connectivity index (χ0v) is 21.9. The molecule has 0 radical (unpaired) electrons. The summed E-state index contributed by atoms with van der Waals surface area (Å²) in [4.78, 5) is 86.0. The Hall–Kier alpha value is -3.87. The molecule has 2 rings (SSSR count). The molecule has 1 aliphatic heterocycles. The maximum Gasteiger partial charge on any atom is 0.287 e. The molecule has 0 bridgehead atoms. The molecule has 0 spiro atoms. The van der Waals surface area contributed by atoms with E-state index in [-0.39, 0.29) is 49.7 Å². The van der Waals surface area contributed by atoms with E-state index in [1.807, 2.05) is 13.8 Å². The van der Waals surface area contributed by atoms with Crippen LogP contribution in [0.5, 0.6) is 0 Å². The molecule has 0 saturated carbocycles. The van der Waals surface area contributed by atoms with Crippen LogP contribution in [0.1, 0.15) is 46.0 Å². The van der Waals surface area contributed by atoms with Crippen molar-refractivity contribution in [3.8, 4) is 0 Å². The number of nitrogens with one attached hydrogen (secondary N) is 5. The van der Waals surface area contributed by atoms with E-state index in [9.17, 15) is 33.6 Å². The summed E-state index contributed by atoms with van der Waals surface area (Å²) in [7, 11) is 1.29. The van der Waals surface area contributed by atoms with E-state index in [1.165, 1.54) is 25.4 Å². The molecule has 38 heavy (non-hydrogen) atoms. The Bertz CT molecular complexity index is 1110. The van der Waals surface area contributed by atoms with Gasteiger partial charge < -0.3 is 25.8 Å². The van der Waals surface area contributed by atoms with E-state index in [1.54, 1.807) is 0 Å². The monoisotopic (exact) mass is 532 g/mol. The smallest absolute Gasteiger partial charge is 0.287 e. The van der Waals surface area contributed by atoms with Crippen molar-refractivity contribution in [1.82, 2.24) is 25.8 Å². The van der Waals surface area contributed by atoms with Crippen molar-refractivity contribution < 1.29 is 28.8 Å². The fraction of sp³-hybridized carbons (Fsp3) is 0.560. The van der Waals surface area contributed by atoms with E-state index in [4.69, 9.17) is 0 Å². The van der Waals surface area contributed by atoms with Crippen molar-refractivity contribution >= 4 is 40.9 Å². The third-order valence-electron chi connectivity index (χ3n) is 6.40. The third kappa shape index (κ3) is 8.91. The lowest BCUT2D eigenvalue weighted by atomic mass is 10.0. The van der Waals surface area contributed by atoms with E-state index in [0.717, 1.165) is 17.4 Å². The van der Waals surface area contributed by atoms with Crippen molar-refractivity contribution in [2.45, 2.75) is 64.6 Å². The van der Waals surface area contributed by atoms with Crippen LogP contribution in [0.3, 0.4) is 0 Å². The summed E-state index contributed by atoms with van der Waals surface area (Å²) in [5, 5.41) is 12.7. The first-order valence-corrected chi connectivity index (χ1v) is 12.7. The number of Topliss-reactive ketones (excluding diaryl/α,β-unsaturated/α-hetero) is 2. The van der Waals surface area contributed by atoms with Gasteiger partial charge in [-0.05, 0) is 24.5 Å². The molecule has 1 aromatic heterocycles. The second kappa shape index (κ2) is 14.8. The van der Waals surface area contributed by atoms with Gasteiger partial charge in [0.1, 0.15) is 24.1 Å². The average Bonchev–Trinajstić information content (AvgIpc) is 3.34. The molecule has 2 atom stereocenters. The Morgan fingerprint density at radius 1 is 1.13 bits per heavy atom. The summed E-state index contributed by atoms with van der Waals surface area (Å²) in [5.41, 5.74) is -0.760. The minimum absolute atomic E-state index is 0.0266. The van der Waals surface area contributed by atoms with Crippen LogP contribution in [0.25, 0.3) is 0 Å². The van der Waals surface area contributed by atoms with Gasteiger partial charge in [0.2, 0.25) is 23.5 Å². The van der Waals surface area contributed by atoms with Gasteiger partial charge in [-0.1, -0.05) is 26.7 Å². The van der Waals surface area contributed by atoms with Crippen LogP contribution in [-0.2, 0) is 35.3 Å². The number of aromatic nitrogens is 1. The Labute approximate surface area is 220 Å². The molecular formula is C25H36N6O7. The second-order valence-electron chi connectivity index (χ2n) is 9.11. The summed E-state index contributed by atoms with van der Waals surface area (Å²) < 4.78 is 1.15. The molecule has 1 aromatic rings. The summed E-state index contributed by atoms with van der Waals surface area (Å²) in [5.74, 6) is -3.21. The van der Waals surface area contributed by atoms with Gasteiger partial charge in [0.05, 0.1) is 12.6 Å². The van der Waals surface area contributed by atoms with Crippen molar-refractivity contribution in [3.05, 3.63) is 28.7 Å². The van der Waals surface area contributed by atoms with Crippen LogP contribution in [0.4, 0.5) is 5.69 Å². The number of likely N-dealkylation sites (N-methyl/N-ethyl adjacent to an activating group) is 1. The van der Waals surface area contributed by atoms with Crippen molar-refractivity contribution in [2.24, 2.45) is 5.92 Å². The first-order valence-electron chi connectivity index (χ1n) is 12.7. The van der Waals surface area contributed by atoms with Gasteiger partial charge in [0.25, 0.3) is 11.5 Å². The van der Waals surface area contributed by atoms with Gasteiger partial charge in [0.15, 0.2) is 0 Å². The number of carbonyl (C=O) groups excluding carboxylic acids is 6. The summed E-state index contributed by atoms with van der Waals surface area (Å²) in [6.07, 6.45) is 2.64. The maximum atomic E-state index is 13.1. The zero-order chi connectivity index (χ0) is 28.2. The second-order valence-corrected chi connectivity index (χ2v) is 9.11. The highest BCUT2D eigenvalue weighted by molar-refractivity contribution is 6.36. The topological polar surface area (TPSA) is 185 Å². The van der Waals surface area contributed by atoms with Crippen molar-refractivity contribution in [2.75, 3.05) is 25.5 Å². The number of pyridine rings is 1. The number of nitrogens with zero attached hydrogens (tertiary/aromatic N) is 1. The van der Waals surface area contributed by atoms with Crippen LogP contribution in [0.2, 0.25) is 0 Å². The molecule has 208 valence electrons. The molecule has 5 N–H and O–H groups in total. The highest BCUT2D eigenvalue weighted by Gasteiger charge is 2.31. The quantitative estimate of drug-likeness (QED) is 0.186. The highest BCUT2D eigenvalue weighted by atomic mass is 16.2. The number of hydrogen-bond donors (Lipinski definition) is 5. The van der Waals surface area contributed by atoms with Crippen LogP contribution in [0.15, 0.2) is 23.1 Å². The number of ketones is 2. The van der Waals surface area contributed by atoms with Crippen LogP contribution < -0.4 is 32.1 Å². The first kappa shape index (κ1) is 30.4. The van der Waals surface area contributed by atoms with Crippen molar-refractivity contribution in [3.63, 3.8) is 0 Å². The third-order valence-corrected chi connectivity index (χ3v) is 6.40. The molecule has 1 fully saturated rings. The lowest BCUT2D eigenvalue weighted by molar-refractivity contribution is -0.138. The minimum atomic E-state index is -1.27. The standard InChI is InChI=1S/C25H36N6O7/c1-4-15(5-2)12-28-21(34)14-31-10-6-7-18(25(31)38)30-22(35)17(8-9-20(33)24(37)26-3)29-23(36)19-11-16(32)13-27-19/h6-7,10,15,17,19,27H,4-5,8-9,11-14H2,1-3H3,(H,26,37)(H,28,34)(H,29,36)(H,30,35)/t17-,19-/m0/s1. The van der Waals surface area contributed by atoms with Crippen molar-refractivity contribution in [1.29, 1.82) is 0 Å². The Kier molecular flexibility index (Phi) is 11.8. The summed E-state index contributed by atoms with van der Waals surface area (Å²) in [6.45, 7) is 4.34. The van der Waals surface area contributed by atoms with Gasteiger partial charge in [-0.3, -0.25) is 38.9 Å². The predicted octanol–water partition coefficient (Wildman–Crippen LogP) is -1.15. The molecule has 1 aliphatic rings. The first-order chi connectivity index (χ1) is 18.1. The van der Waals surface area contributed by atoms with E-state index >= 15 is 0 Å². The predicted molar refractivity (Wildman–Crippen MR) is 138 cm³/mol. The van der Waals surface area contributed by atoms with E-state index in [0.29, 0.717) is 12.5 Å². The van der Waals surface area contributed by atoms with E-state index < -0.39 is 41.1 Å². The van der Waals surface area contributed by atoms with Gasteiger partial charge in [-0.2, -0.15) is 0 Å². The highest BCUT2D eigenvalue weighted by Crippen LogP contribution is 2.08. The Balaban J connectivity index is 2.12.